The number of rotatable bonds is 9. The first-order valence-corrected chi connectivity index (χ1v) is 12.8. The molecule has 0 amide bonds. The van der Waals surface area contributed by atoms with Crippen LogP contribution in [-0.2, 0) is 0 Å². The van der Waals surface area contributed by atoms with Crippen molar-refractivity contribution in [1.29, 1.82) is 0 Å². The summed E-state index contributed by atoms with van der Waals surface area (Å²) in [5.41, 5.74) is 1.57. The molecule has 2 heterocycles. The molecule has 2 saturated carbocycles. The number of benzene rings is 1. The summed E-state index contributed by atoms with van der Waals surface area (Å²) in [4.78, 5) is 9.31. The fourth-order valence-electron chi connectivity index (χ4n) is 4.67. The van der Waals surface area contributed by atoms with Gasteiger partial charge in [-0.2, -0.15) is 0 Å². The summed E-state index contributed by atoms with van der Waals surface area (Å²) in [6.07, 6.45) is 0.926. The zero-order valence-electron chi connectivity index (χ0n) is 19.2. The summed E-state index contributed by atoms with van der Waals surface area (Å²) >= 11 is 1.51. The van der Waals surface area contributed by atoms with Crippen molar-refractivity contribution in [3.63, 3.8) is 0 Å². The van der Waals surface area contributed by atoms with E-state index in [1.807, 2.05) is 0 Å². The number of unbranched alkanes of at least 4 members (excludes halogenated alkanes) is 1. The van der Waals surface area contributed by atoms with Crippen molar-refractivity contribution in [3.8, 4) is 0 Å². The van der Waals surface area contributed by atoms with Gasteiger partial charge in [0.25, 0.3) is 0 Å². The minimum absolute atomic E-state index is 0.0125. The van der Waals surface area contributed by atoms with Crippen molar-refractivity contribution in [2.75, 3.05) is 17.7 Å². The third-order valence-electron chi connectivity index (χ3n) is 6.84. The molecule has 0 bridgehead atoms. The fourth-order valence-corrected chi connectivity index (χ4v) is 5.59. The zero-order chi connectivity index (χ0) is 24.7. The van der Waals surface area contributed by atoms with Crippen molar-refractivity contribution in [2.24, 2.45) is 5.92 Å². The Kier molecular flexibility index (Phi) is 6.88. The van der Waals surface area contributed by atoms with Gasteiger partial charge in [-0.25, -0.2) is 23.4 Å². The highest BCUT2D eigenvalue weighted by Crippen LogP contribution is 2.44. The van der Waals surface area contributed by atoms with Crippen molar-refractivity contribution in [3.05, 3.63) is 35.4 Å². The monoisotopic (exact) mass is 506 g/mol. The first-order chi connectivity index (χ1) is 16.9. The number of thioether (sulfide) groups is 1. The summed E-state index contributed by atoms with van der Waals surface area (Å²) in [5.74, 6) is -0.865. The number of halogens is 2. The molecule has 2 aliphatic carbocycles. The number of hydrogen-bond acceptors (Lipinski definition) is 9. The summed E-state index contributed by atoms with van der Waals surface area (Å²) in [5, 5.41) is 42.8. The Bertz CT molecular complexity index is 1210. The van der Waals surface area contributed by atoms with Crippen LogP contribution in [0.2, 0.25) is 0 Å². The summed E-state index contributed by atoms with van der Waals surface area (Å²) in [7, 11) is 0. The van der Waals surface area contributed by atoms with Crippen LogP contribution >= 0.6 is 11.8 Å². The molecule has 9 nitrogen and oxygen atoms in total. The highest BCUT2D eigenvalue weighted by atomic mass is 32.2. The lowest BCUT2D eigenvalue weighted by molar-refractivity contribution is -0.00512. The Hall–Kier alpha value is -2.41. The van der Waals surface area contributed by atoms with Gasteiger partial charge in [-0.1, -0.05) is 36.4 Å². The van der Waals surface area contributed by atoms with E-state index < -0.39 is 35.8 Å². The average Bonchev–Trinajstić information content (AvgIpc) is 3.39. The van der Waals surface area contributed by atoms with Gasteiger partial charge in [0, 0.05) is 30.2 Å². The molecule has 3 aromatic rings. The zero-order valence-corrected chi connectivity index (χ0v) is 20.0. The molecule has 0 radical (unpaired) electrons. The van der Waals surface area contributed by atoms with Crippen molar-refractivity contribution < 1.29 is 24.1 Å². The topological polar surface area (TPSA) is 129 Å². The second-order valence-electron chi connectivity index (χ2n) is 9.26. The van der Waals surface area contributed by atoms with E-state index in [9.17, 15) is 24.1 Å². The predicted molar refractivity (Wildman–Crippen MR) is 126 cm³/mol. The van der Waals surface area contributed by atoms with Crippen molar-refractivity contribution in [1.82, 2.24) is 25.0 Å². The van der Waals surface area contributed by atoms with Gasteiger partial charge in [0.05, 0.1) is 12.1 Å². The predicted octanol–water partition coefficient (Wildman–Crippen LogP) is 2.63. The standard InChI is InChI=1S/C23H28F2N6O3S/c1-2-3-6-35-23-27-21(26-16-9-13(16)11-4-5-14(24)15(25)7-11)18-22(28-23)31(30-29-18)17-8-12(10-32)19(33)20(17)34/h4-5,7,12-13,16-17,19-20,32-34H,2-3,6,8-10H2,1H3,(H,26,27,28)/t12-,13?,16?,17-,19-,20+/m1/s1. The smallest absolute Gasteiger partial charge is 0.191 e. The molecule has 2 aliphatic rings. The number of nitrogens with zero attached hydrogens (tertiary/aromatic N) is 5. The molecule has 5 rings (SSSR count). The Balaban J connectivity index is 1.44. The van der Waals surface area contributed by atoms with Gasteiger partial charge in [-0.15, -0.1) is 5.10 Å². The van der Waals surface area contributed by atoms with E-state index in [4.69, 9.17) is 0 Å². The van der Waals surface area contributed by atoms with Crippen LogP contribution in [0.5, 0.6) is 0 Å². The first kappa shape index (κ1) is 24.3. The van der Waals surface area contributed by atoms with Gasteiger partial charge in [0.15, 0.2) is 33.8 Å². The van der Waals surface area contributed by atoms with E-state index in [0.717, 1.165) is 31.1 Å². The molecule has 0 spiro atoms. The highest BCUT2D eigenvalue weighted by Gasteiger charge is 2.44. The Morgan fingerprint density at radius 2 is 1.97 bits per heavy atom. The molecule has 0 saturated heterocycles. The third kappa shape index (κ3) is 4.72. The number of anilines is 1. The number of aromatic nitrogens is 5. The summed E-state index contributed by atoms with van der Waals surface area (Å²) in [6.45, 7) is 1.86. The lowest BCUT2D eigenvalue weighted by atomic mass is 10.1. The van der Waals surface area contributed by atoms with Crippen LogP contribution in [0.4, 0.5) is 14.6 Å². The molecule has 4 N–H and O–H groups in total. The normalized spacial score (nSPS) is 28.1. The number of hydrogen-bond donors (Lipinski definition) is 4. The van der Waals surface area contributed by atoms with E-state index in [1.165, 1.54) is 22.5 Å². The molecule has 188 valence electrons. The molecular weight excluding hydrogens is 478 g/mol. The second-order valence-corrected chi connectivity index (χ2v) is 10.3. The molecule has 6 atom stereocenters. The van der Waals surface area contributed by atoms with E-state index in [1.54, 1.807) is 6.07 Å². The molecule has 2 aromatic heterocycles. The van der Waals surface area contributed by atoms with Crippen LogP contribution in [0, 0.1) is 17.6 Å². The minimum atomic E-state index is -1.11. The highest BCUT2D eigenvalue weighted by molar-refractivity contribution is 7.99. The molecular formula is C23H28F2N6O3S. The van der Waals surface area contributed by atoms with Gasteiger partial charge >= 0.3 is 0 Å². The molecule has 2 unspecified atom stereocenters. The SMILES string of the molecule is CCCCSc1nc(NC2CC2c2ccc(F)c(F)c2)c2nnn([C@@H]3C[C@H](CO)[C@@H](O)[C@H]3O)c2n1. The van der Waals surface area contributed by atoms with Gasteiger partial charge in [-0.05, 0) is 37.0 Å². The lowest BCUT2D eigenvalue weighted by Gasteiger charge is -2.17. The first-order valence-electron chi connectivity index (χ1n) is 11.9. The van der Waals surface area contributed by atoms with E-state index in [2.05, 4.69) is 32.5 Å². The van der Waals surface area contributed by atoms with Crippen molar-refractivity contribution >= 4 is 28.7 Å². The molecule has 2 fully saturated rings. The van der Waals surface area contributed by atoms with Crippen LogP contribution in [0.15, 0.2) is 23.4 Å². The van der Waals surface area contributed by atoms with E-state index >= 15 is 0 Å². The number of aliphatic hydroxyl groups excluding tert-OH is 3. The van der Waals surface area contributed by atoms with Gasteiger partial charge in [-0.3, -0.25) is 0 Å². The Morgan fingerprint density at radius 1 is 1.14 bits per heavy atom. The summed E-state index contributed by atoms with van der Waals surface area (Å²) < 4.78 is 28.5. The van der Waals surface area contributed by atoms with Gasteiger partial charge < -0.3 is 20.6 Å². The number of fused-ring (bicyclic) bond motifs is 1. The van der Waals surface area contributed by atoms with E-state index in [-0.39, 0.29) is 18.6 Å². The van der Waals surface area contributed by atoms with Crippen molar-refractivity contribution in [2.45, 2.75) is 68.0 Å². The van der Waals surface area contributed by atoms with Crippen LogP contribution in [-0.4, -0.2) is 70.9 Å². The molecule has 35 heavy (non-hydrogen) atoms. The molecule has 0 aliphatic heterocycles. The molecule has 1 aromatic carbocycles. The van der Waals surface area contributed by atoms with Gasteiger partial charge in [0.2, 0.25) is 0 Å². The largest absolute Gasteiger partial charge is 0.396 e. The maximum absolute atomic E-state index is 13.7. The second kappa shape index (κ2) is 9.92. The Labute approximate surface area is 205 Å². The van der Waals surface area contributed by atoms with Gasteiger partial charge in [0.1, 0.15) is 6.10 Å². The van der Waals surface area contributed by atoms with Crippen LogP contribution in [0.3, 0.4) is 0 Å². The lowest BCUT2D eigenvalue weighted by Crippen LogP contribution is -2.30. The third-order valence-corrected chi connectivity index (χ3v) is 7.77. The van der Waals surface area contributed by atoms with Crippen LogP contribution in [0.25, 0.3) is 11.2 Å². The summed E-state index contributed by atoms with van der Waals surface area (Å²) in [6, 6.07) is 3.34. The van der Waals surface area contributed by atoms with E-state index in [0.29, 0.717) is 34.1 Å². The number of aliphatic hydroxyl groups is 3. The maximum Gasteiger partial charge on any atom is 0.191 e. The van der Waals surface area contributed by atoms with Crippen LogP contribution < -0.4 is 5.32 Å². The quantitative estimate of drug-likeness (QED) is 0.197. The van der Waals surface area contributed by atoms with Crippen LogP contribution in [0.1, 0.15) is 50.1 Å². The molecule has 12 heteroatoms. The number of nitrogens with one attached hydrogen (secondary N) is 1. The Morgan fingerprint density at radius 3 is 2.69 bits per heavy atom. The minimum Gasteiger partial charge on any atom is -0.396 e. The average molecular weight is 507 g/mol. The maximum atomic E-state index is 13.7. The fraction of sp³-hybridized carbons (Fsp3) is 0.565.